The Labute approximate surface area is 140 Å². The SMILES string of the molecule is O=C(COC(=O)c1ccc(Cl)cc1)Nc1ccc(C(F)(F)F)cc1. The monoisotopic (exact) mass is 357 g/mol. The van der Waals surface area contributed by atoms with E-state index in [0.717, 1.165) is 24.3 Å². The van der Waals surface area contributed by atoms with E-state index in [4.69, 9.17) is 16.3 Å². The first-order valence-electron chi connectivity index (χ1n) is 6.65. The van der Waals surface area contributed by atoms with Gasteiger partial charge >= 0.3 is 12.1 Å². The summed E-state index contributed by atoms with van der Waals surface area (Å²) in [7, 11) is 0. The molecule has 0 aliphatic heterocycles. The highest BCUT2D eigenvalue weighted by atomic mass is 35.5. The molecule has 2 aromatic carbocycles. The summed E-state index contributed by atoms with van der Waals surface area (Å²) >= 11 is 5.69. The van der Waals surface area contributed by atoms with Crippen molar-refractivity contribution in [2.75, 3.05) is 11.9 Å². The Balaban J connectivity index is 1.87. The number of alkyl halides is 3. The van der Waals surface area contributed by atoms with Crippen molar-refractivity contribution in [2.45, 2.75) is 6.18 Å². The fourth-order valence-electron chi connectivity index (χ4n) is 1.74. The molecule has 0 atom stereocenters. The summed E-state index contributed by atoms with van der Waals surface area (Å²) in [5.74, 6) is -1.38. The van der Waals surface area contributed by atoms with E-state index in [1.165, 1.54) is 24.3 Å². The number of hydrogen-bond donors (Lipinski definition) is 1. The van der Waals surface area contributed by atoms with Gasteiger partial charge in [-0.2, -0.15) is 13.2 Å². The van der Waals surface area contributed by atoms with Crippen LogP contribution in [0.25, 0.3) is 0 Å². The van der Waals surface area contributed by atoms with Crippen molar-refractivity contribution in [3.8, 4) is 0 Å². The Bertz CT molecular complexity index is 728. The number of esters is 1. The van der Waals surface area contributed by atoms with Crippen molar-refractivity contribution in [3.63, 3.8) is 0 Å². The van der Waals surface area contributed by atoms with E-state index in [1.807, 2.05) is 0 Å². The van der Waals surface area contributed by atoms with Gasteiger partial charge in [-0.3, -0.25) is 4.79 Å². The van der Waals surface area contributed by atoms with Crippen LogP contribution in [0.5, 0.6) is 0 Å². The fraction of sp³-hybridized carbons (Fsp3) is 0.125. The lowest BCUT2D eigenvalue weighted by Crippen LogP contribution is -2.21. The van der Waals surface area contributed by atoms with Gasteiger partial charge in [0.2, 0.25) is 0 Å². The molecular weight excluding hydrogens is 347 g/mol. The molecule has 1 amide bonds. The zero-order valence-corrected chi connectivity index (χ0v) is 12.8. The fourth-order valence-corrected chi connectivity index (χ4v) is 1.87. The Kier molecular flexibility index (Phi) is 5.46. The van der Waals surface area contributed by atoms with Gasteiger partial charge < -0.3 is 10.1 Å². The number of ether oxygens (including phenoxy) is 1. The summed E-state index contributed by atoms with van der Waals surface area (Å²) in [6, 6.07) is 9.80. The lowest BCUT2D eigenvalue weighted by atomic mass is 10.2. The topological polar surface area (TPSA) is 55.4 Å². The third-order valence-electron chi connectivity index (χ3n) is 2.91. The lowest BCUT2D eigenvalue weighted by Gasteiger charge is -2.09. The van der Waals surface area contributed by atoms with Crippen molar-refractivity contribution >= 4 is 29.2 Å². The number of amides is 1. The maximum absolute atomic E-state index is 12.4. The largest absolute Gasteiger partial charge is 0.452 e. The van der Waals surface area contributed by atoms with E-state index >= 15 is 0 Å². The van der Waals surface area contributed by atoms with Crippen LogP contribution in [0, 0.1) is 0 Å². The lowest BCUT2D eigenvalue weighted by molar-refractivity contribution is -0.137. The summed E-state index contributed by atoms with van der Waals surface area (Å²) in [4.78, 5) is 23.4. The van der Waals surface area contributed by atoms with Crippen LogP contribution in [0.1, 0.15) is 15.9 Å². The van der Waals surface area contributed by atoms with Crippen LogP contribution < -0.4 is 5.32 Å². The number of hydrogen-bond acceptors (Lipinski definition) is 3. The Morgan fingerprint density at radius 1 is 1.00 bits per heavy atom. The second kappa shape index (κ2) is 7.35. The van der Waals surface area contributed by atoms with Gasteiger partial charge in [0.1, 0.15) is 0 Å². The molecule has 8 heteroatoms. The zero-order valence-electron chi connectivity index (χ0n) is 12.1. The molecule has 4 nitrogen and oxygen atoms in total. The van der Waals surface area contributed by atoms with Gasteiger partial charge in [-0.25, -0.2) is 4.79 Å². The molecule has 0 saturated carbocycles. The predicted octanol–water partition coefficient (Wildman–Crippen LogP) is 4.15. The first kappa shape index (κ1) is 17.8. The number of anilines is 1. The van der Waals surface area contributed by atoms with Gasteiger partial charge in [0.05, 0.1) is 11.1 Å². The average molecular weight is 358 g/mol. The summed E-state index contributed by atoms with van der Waals surface area (Å²) in [6.45, 7) is -0.567. The summed E-state index contributed by atoms with van der Waals surface area (Å²) in [6.07, 6.45) is -4.45. The van der Waals surface area contributed by atoms with Crippen LogP contribution in [0.2, 0.25) is 5.02 Å². The van der Waals surface area contributed by atoms with Crippen molar-refractivity contribution < 1.29 is 27.5 Å². The Hall–Kier alpha value is -2.54. The highest BCUT2D eigenvalue weighted by Gasteiger charge is 2.29. The second-order valence-electron chi connectivity index (χ2n) is 4.71. The number of nitrogens with one attached hydrogen (secondary N) is 1. The number of rotatable bonds is 4. The van der Waals surface area contributed by atoms with Gasteiger partial charge in [-0.05, 0) is 48.5 Å². The molecule has 0 spiro atoms. The van der Waals surface area contributed by atoms with Crippen LogP contribution in [0.4, 0.5) is 18.9 Å². The molecular formula is C16H11ClF3NO3. The molecule has 24 heavy (non-hydrogen) atoms. The number of carbonyl (C=O) groups is 2. The molecule has 0 bridgehead atoms. The van der Waals surface area contributed by atoms with Gasteiger partial charge in [-0.15, -0.1) is 0 Å². The number of carbonyl (C=O) groups excluding carboxylic acids is 2. The van der Waals surface area contributed by atoms with Gasteiger partial charge in [-0.1, -0.05) is 11.6 Å². The smallest absolute Gasteiger partial charge is 0.416 e. The van der Waals surface area contributed by atoms with Gasteiger partial charge in [0.25, 0.3) is 5.91 Å². The molecule has 0 fully saturated rings. The molecule has 1 N–H and O–H groups in total. The predicted molar refractivity (Wildman–Crippen MR) is 81.8 cm³/mol. The van der Waals surface area contributed by atoms with Crippen LogP contribution >= 0.6 is 11.6 Å². The summed E-state index contributed by atoms with van der Waals surface area (Å²) in [5, 5.41) is 2.78. The molecule has 2 aromatic rings. The van der Waals surface area contributed by atoms with E-state index in [2.05, 4.69) is 5.32 Å². The van der Waals surface area contributed by atoms with Gasteiger partial charge in [0, 0.05) is 10.7 Å². The number of benzene rings is 2. The van der Waals surface area contributed by atoms with Crippen molar-refractivity contribution in [1.29, 1.82) is 0 Å². The normalized spacial score (nSPS) is 11.0. The summed E-state index contributed by atoms with van der Waals surface area (Å²) < 4.78 is 42.1. The zero-order chi connectivity index (χ0) is 17.7. The minimum absolute atomic E-state index is 0.163. The van der Waals surface area contributed by atoms with E-state index in [0.29, 0.717) is 5.02 Å². The first-order chi connectivity index (χ1) is 11.3. The van der Waals surface area contributed by atoms with Crippen LogP contribution in [0.3, 0.4) is 0 Å². The van der Waals surface area contributed by atoms with Crippen molar-refractivity contribution in [2.24, 2.45) is 0 Å². The maximum Gasteiger partial charge on any atom is 0.416 e. The molecule has 0 saturated heterocycles. The second-order valence-corrected chi connectivity index (χ2v) is 5.14. The quantitative estimate of drug-likeness (QED) is 0.836. The van der Waals surface area contributed by atoms with Gasteiger partial charge in [0.15, 0.2) is 6.61 Å². The van der Waals surface area contributed by atoms with E-state index in [-0.39, 0.29) is 11.3 Å². The Morgan fingerprint density at radius 3 is 2.12 bits per heavy atom. The van der Waals surface area contributed by atoms with Crippen LogP contribution in [-0.2, 0) is 15.7 Å². The molecule has 0 aliphatic rings. The molecule has 2 rings (SSSR count). The molecule has 0 radical (unpaired) electrons. The number of halogens is 4. The molecule has 0 aliphatic carbocycles. The van der Waals surface area contributed by atoms with Crippen molar-refractivity contribution in [1.82, 2.24) is 0 Å². The van der Waals surface area contributed by atoms with Crippen LogP contribution in [0.15, 0.2) is 48.5 Å². The first-order valence-corrected chi connectivity index (χ1v) is 7.03. The molecule has 0 unspecified atom stereocenters. The summed E-state index contributed by atoms with van der Waals surface area (Å²) in [5.41, 5.74) is -0.438. The standard InChI is InChI=1S/C16H11ClF3NO3/c17-12-5-1-10(2-6-12)15(23)24-9-14(22)21-13-7-3-11(4-8-13)16(18,19)20/h1-8H,9H2,(H,21,22). The third-order valence-corrected chi connectivity index (χ3v) is 3.16. The minimum atomic E-state index is -4.45. The minimum Gasteiger partial charge on any atom is -0.452 e. The van der Waals surface area contributed by atoms with E-state index < -0.39 is 30.2 Å². The van der Waals surface area contributed by atoms with Crippen molar-refractivity contribution in [3.05, 3.63) is 64.7 Å². The van der Waals surface area contributed by atoms with Crippen LogP contribution in [-0.4, -0.2) is 18.5 Å². The van der Waals surface area contributed by atoms with E-state index in [9.17, 15) is 22.8 Å². The Morgan fingerprint density at radius 2 is 1.58 bits per heavy atom. The highest BCUT2D eigenvalue weighted by Crippen LogP contribution is 2.29. The average Bonchev–Trinajstić information content (AvgIpc) is 2.53. The van der Waals surface area contributed by atoms with E-state index in [1.54, 1.807) is 0 Å². The molecule has 126 valence electrons. The molecule has 0 aromatic heterocycles. The third kappa shape index (κ3) is 4.99. The maximum atomic E-state index is 12.4. The highest BCUT2D eigenvalue weighted by molar-refractivity contribution is 6.30. The molecule has 0 heterocycles.